The summed E-state index contributed by atoms with van der Waals surface area (Å²) >= 11 is 0. The maximum absolute atomic E-state index is 14.0. The van der Waals surface area contributed by atoms with Crippen molar-refractivity contribution in [3.8, 4) is 51.6 Å². The van der Waals surface area contributed by atoms with Gasteiger partial charge in [-0.05, 0) is 41.5 Å². The maximum atomic E-state index is 14.0. The number of rotatable bonds is 10. The lowest BCUT2D eigenvalue weighted by Crippen LogP contribution is -2.36. The molecule has 5 aromatic carbocycles. The van der Waals surface area contributed by atoms with Gasteiger partial charge in [-0.3, -0.25) is 4.79 Å². The van der Waals surface area contributed by atoms with E-state index < -0.39 is 17.6 Å². The molecule has 2 atom stereocenters. The summed E-state index contributed by atoms with van der Waals surface area (Å²) < 4.78 is 36.2. The van der Waals surface area contributed by atoms with Gasteiger partial charge < -0.3 is 43.4 Å². The van der Waals surface area contributed by atoms with E-state index in [2.05, 4.69) is 0 Å². The Bertz CT molecular complexity index is 2160. The number of methoxy groups -OCH3 is 1. The number of ether oxygens (including phenoxy) is 5. The Morgan fingerprint density at radius 2 is 1.45 bits per heavy atom. The monoisotopic (exact) mass is 660 g/mol. The Morgan fingerprint density at radius 3 is 2.14 bits per heavy atom. The number of aromatic hydroxyl groups is 2. The molecule has 2 unspecified atom stereocenters. The fourth-order valence-electron chi connectivity index (χ4n) is 5.70. The average molecular weight is 661 g/mol. The van der Waals surface area contributed by atoms with Gasteiger partial charge >= 0.3 is 0 Å². The first-order valence-corrected chi connectivity index (χ1v) is 15.5. The molecule has 248 valence electrons. The Morgan fingerprint density at radius 1 is 0.735 bits per heavy atom. The summed E-state index contributed by atoms with van der Waals surface area (Å²) in [6, 6.07) is 31.6. The second-order valence-electron chi connectivity index (χ2n) is 11.4. The summed E-state index contributed by atoms with van der Waals surface area (Å²) in [6.07, 6.45) is -1.52. The summed E-state index contributed by atoms with van der Waals surface area (Å²) in [5.74, 6) is 0.889. The number of fused-ring (bicyclic) bond motifs is 2. The summed E-state index contributed by atoms with van der Waals surface area (Å²) in [5, 5.41) is 31.2. The standard InChI is InChI=1S/C39H32O10/c1-44-31-16-25(12-14-28(31)41)37-34(20-40)47-30-15-13-26(17-32(30)48-37)38-39(46-22-24-10-6-3-7-11-24)36(43)35-29(42)18-27(19-33(35)49-38)45-21-23-8-4-2-5-9-23/h2-19,34,37,40-42H,20-22H2,1H3. The van der Waals surface area contributed by atoms with Crippen molar-refractivity contribution in [1.29, 1.82) is 0 Å². The van der Waals surface area contributed by atoms with E-state index in [1.807, 2.05) is 60.7 Å². The van der Waals surface area contributed by atoms with Gasteiger partial charge in [-0.1, -0.05) is 66.7 Å². The number of phenolic OH excluding ortho intramolecular Hbond substituents is 2. The summed E-state index contributed by atoms with van der Waals surface area (Å²) in [4.78, 5) is 14.0. The van der Waals surface area contributed by atoms with E-state index in [9.17, 15) is 20.1 Å². The Hall–Kier alpha value is -6.13. The first kappa shape index (κ1) is 31.5. The highest BCUT2D eigenvalue weighted by molar-refractivity contribution is 5.88. The van der Waals surface area contributed by atoms with Crippen LogP contribution in [0.4, 0.5) is 0 Å². The highest BCUT2D eigenvalue weighted by atomic mass is 16.6. The molecular weight excluding hydrogens is 628 g/mol. The highest BCUT2D eigenvalue weighted by Crippen LogP contribution is 2.45. The molecule has 0 bridgehead atoms. The van der Waals surface area contributed by atoms with Crippen LogP contribution in [0.3, 0.4) is 0 Å². The quantitative estimate of drug-likeness (QED) is 0.142. The third kappa shape index (κ3) is 6.41. The number of phenols is 2. The largest absolute Gasteiger partial charge is 0.507 e. The second-order valence-corrected chi connectivity index (χ2v) is 11.4. The smallest absolute Gasteiger partial charge is 0.239 e. The first-order chi connectivity index (χ1) is 23.9. The van der Waals surface area contributed by atoms with E-state index in [0.717, 1.165) is 11.1 Å². The zero-order valence-corrected chi connectivity index (χ0v) is 26.4. The molecule has 0 fully saturated rings. The lowest BCUT2D eigenvalue weighted by molar-refractivity contribution is -0.0123. The van der Waals surface area contributed by atoms with Crippen LogP contribution >= 0.6 is 0 Å². The number of hydrogen-bond acceptors (Lipinski definition) is 10. The Kier molecular flexibility index (Phi) is 8.70. The predicted molar refractivity (Wildman–Crippen MR) is 181 cm³/mol. The normalized spacial score (nSPS) is 15.1. The van der Waals surface area contributed by atoms with Crippen molar-refractivity contribution in [1.82, 2.24) is 0 Å². The molecule has 10 heteroatoms. The molecule has 0 amide bonds. The molecule has 6 aromatic rings. The topological polar surface area (TPSA) is 137 Å². The van der Waals surface area contributed by atoms with Crippen LogP contribution in [0.2, 0.25) is 0 Å². The molecule has 0 saturated carbocycles. The van der Waals surface area contributed by atoms with E-state index in [1.165, 1.54) is 19.2 Å². The van der Waals surface area contributed by atoms with Crippen LogP contribution in [0.1, 0.15) is 22.8 Å². The summed E-state index contributed by atoms with van der Waals surface area (Å²) in [5.41, 5.74) is 2.32. The SMILES string of the molecule is COc1cc(C2Oc3cc(-c4oc5cc(OCc6ccccc6)cc(O)c5c(=O)c4OCc4ccccc4)ccc3OC2CO)ccc1O. The van der Waals surface area contributed by atoms with Crippen LogP contribution in [-0.2, 0) is 13.2 Å². The minimum Gasteiger partial charge on any atom is -0.507 e. The van der Waals surface area contributed by atoms with Gasteiger partial charge in [0.25, 0.3) is 0 Å². The third-order valence-corrected chi connectivity index (χ3v) is 8.17. The third-order valence-electron chi connectivity index (χ3n) is 8.17. The van der Waals surface area contributed by atoms with Crippen LogP contribution in [0, 0.1) is 0 Å². The van der Waals surface area contributed by atoms with Crippen molar-refractivity contribution in [2.75, 3.05) is 13.7 Å². The van der Waals surface area contributed by atoms with E-state index in [0.29, 0.717) is 28.4 Å². The fourth-order valence-corrected chi connectivity index (χ4v) is 5.70. The lowest BCUT2D eigenvalue weighted by Gasteiger charge is -2.33. The van der Waals surface area contributed by atoms with Crippen molar-refractivity contribution in [3.05, 3.63) is 136 Å². The van der Waals surface area contributed by atoms with Gasteiger partial charge in [0, 0.05) is 23.3 Å². The average Bonchev–Trinajstić information content (AvgIpc) is 3.13. The van der Waals surface area contributed by atoms with Crippen LogP contribution < -0.4 is 29.1 Å². The molecule has 3 N–H and O–H groups in total. The number of hydrogen-bond donors (Lipinski definition) is 3. The molecule has 49 heavy (non-hydrogen) atoms. The van der Waals surface area contributed by atoms with Gasteiger partial charge in [0.15, 0.2) is 41.0 Å². The molecule has 2 heterocycles. The van der Waals surface area contributed by atoms with E-state index >= 15 is 0 Å². The van der Waals surface area contributed by atoms with Gasteiger partial charge in [0.05, 0.1) is 13.7 Å². The summed E-state index contributed by atoms with van der Waals surface area (Å²) in [7, 11) is 1.44. The number of aliphatic hydroxyl groups is 1. The van der Waals surface area contributed by atoms with Gasteiger partial charge in [-0.15, -0.1) is 0 Å². The van der Waals surface area contributed by atoms with Gasteiger partial charge in [-0.2, -0.15) is 0 Å². The first-order valence-electron chi connectivity index (χ1n) is 15.5. The second kappa shape index (κ2) is 13.5. The van der Waals surface area contributed by atoms with E-state index in [-0.39, 0.29) is 59.5 Å². The van der Waals surface area contributed by atoms with Crippen molar-refractivity contribution < 1.29 is 43.4 Å². The molecule has 0 aliphatic carbocycles. The molecule has 1 aliphatic heterocycles. The molecule has 0 saturated heterocycles. The van der Waals surface area contributed by atoms with Crippen LogP contribution in [0.25, 0.3) is 22.3 Å². The fraction of sp³-hybridized carbons (Fsp3) is 0.154. The lowest BCUT2D eigenvalue weighted by atomic mass is 10.0. The molecule has 0 radical (unpaired) electrons. The molecule has 1 aromatic heterocycles. The highest BCUT2D eigenvalue weighted by Gasteiger charge is 2.34. The van der Waals surface area contributed by atoms with Gasteiger partial charge in [-0.25, -0.2) is 0 Å². The minimum atomic E-state index is -0.763. The molecular formula is C39H32O10. The van der Waals surface area contributed by atoms with Crippen molar-refractivity contribution in [2.24, 2.45) is 0 Å². The van der Waals surface area contributed by atoms with Gasteiger partial charge in [0.1, 0.15) is 35.7 Å². The molecule has 0 spiro atoms. The Balaban J connectivity index is 1.30. The summed E-state index contributed by atoms with van der Waals surface area (Å²) in [6.45, 7) is -0.0346. The van der Waals surface area contributed by atoms with Crippen LogP contribution in [0.15, 0.2) is 118 Å². The van der Waals surface area contributed by atoms with Crippen molar-refractivity contribution >= 4 is 11.0 Å². The zero-order chi connectivity index (χ0) is 33.9. The molecule has 1 aliphatic rings. The van der Waals surface area contributed by atoms with E-state index in [4.69, 9.17) is 28.1 Å². The minimum absolute atomic E-state index is 0.0414. The van der Waals surface area contributed by atoms with Gasteiger partial charge in [0.2, 0.25) is 11.2 Å². The van der Waals surface area contributed by atoms with Crippen molar-refractivity contribution in [2.45, 2.75) is 25.4 Å². The number of aliphatic hydroxyl groups excluding tert-OH is 1. The molecule has 10 nitrogen and oxygen atoms in total. The maximum Gasteiger partial charge on any atom is 0.239 e. The number of benzene rings is 5. The van der Waals surface area contributed by atoms with E-state index in [1.54, 1.807) is 36.4 Å². The zero-order valence-electron chi connectivity index (χ0n) is 26.4. The Labute approximate surface area is 280 Å². The predicted octanol–water partition coefficient (Wildman–Crippen LogP) is 6.91. The van der Waals surface area contributed by atoms with Crippen LogP contribution in [-0.4, -0.2) is 35.1 Å². The van der Waals surface area contributed by atoms with Crippen LogP contribution in [0.5, 0.6) is 40.2 Å². The molecule has 7 rings (SSSR count). The van der Waals surface area contributed by atoms with Crippen molar-refractivity contribution in [3.63, 3.8) is 0 Å².